The van der Waals surface area contributed by atoms with Gasteiger partial charge in [0, 0.05) is 12.6 Å². The fourth-order valence-corrected chi connectivity index (χ4v) is 1.53. The Kier molecular flexibility index (Phi) is 3.72. The summed E-state index contributed by atoms with van der Waals surface area (Å²) in [5.74, 6) is 0.216. The molecule has 0 aliphatic carbocycles. The molecule has 3 heteroatoms. The Bertz CT molecular complexity index is 182. The van der Waals surface area contributed by atoms with Crippen LogP contribution in [0.15, 0.2) is 0 Å². The normalized spacial score (nSPS) is 30.1. The monoisotopic (exact) mass is 185 g/mol. The highest BCUT2D eigenvalue weighted by Gasteiger charge is 2.30. The lowest BCUT2D eigenvalue weighted by molar-refractivity contribution is -0.126. The van der Waals surface area contributed by atoms with Gasteiger partial charge in [0.25, 0.3) is 0 Å². The highest BCUT2D eigenvalue weighted by Crippen LogP contribution is 2.20. The molecule has 13 heavy (non-hydrogen) atoms. The summed E-state index contributed by atoms with van der Waals surface area (Å²) in [5.41, 5.74) is 0. The number of carbonyl (C=O) groups excluding carboxylic acids is 1. The van der Waals surface area contributed by atoms with E-state index < -0.39 is 0 Å². The maximum atomic E-state index is 11.6. The Morgan fingerprint density at radius 1 is 1.69 bits per heavy atom. The van der Waals surface area contributed by atoms with Gasteiger partial charge < -0.3 is 10.1 Å². The second-order valence-corrected chi connectivity index (χ2v) is 3.79. The van der Waals surface area contributed by atoms with E-state index in [2.05, 4.69) is 12.2 Å². The molecule has 3 nitrogen and oxygen atoms in total. The molecule has 1 aliphatic rings. The van der Waals surface area contributed by atoms with Gasteiger partial charge >= 0.3 is 0 Å². The molecule has 1 amide bonds. The molecule has 1 N–H and O–H groups in total. The fraction of sp³-hybridized carbons (Fsp3) is 0.900. The van der Waals surface area contributed by atoms with Crippen LogP contribution in [0.4, 0.5) is 0 Å². The highest BCUT2D eigenvalue weighted by atomic mass is 16.5. The SMILES string of the molecule is CCC(C)NC(=O)C1CCOC1C. The second kappa shape index (κ2) is 4.61. The summed E-state index contributed by atoms with van der Waals surface area (Å²) in [4.78, 5) is 11.6. The summed E-state index contributed by atoms with van der Waals surface area (Å²) >= 11 is 0. The van der Waals surface area contributed by atoms with Gasteiger partial charge in [-0.05, 0) is 26.7 Å². The Hall–Kier alpha value is -0.570. The van der Waals surface area contributed by atoms with Crippen molar-refractivity contribution in [2.24, 2.45) is 5.92 Å². The van der Waals surface area contributed by atoms with E-state index in [9.17, 15) is 4.79 Å². The van der Waals surface area contributed by atoms with Gasteiger partial charge in [0.1, 0.15) is 0 Å². The van der Waals surface area contributed by atoms with Crippen LogP contribution >= 0.6 is 0 Å². The van der Waals surface area contributed by atoms with Gasteiger partial charge in [-0.1, -0.05) is 6.92 Å². The van der Waals surface area contributed by atoms with Crippen LogP contribution < -0.4 is 5.32 Å². The van der Waals surface area contributed by atoms with Crippen molar-refractivity contribution in [3.05, 3.63) is 0 Å². The zero-order valence-corrected chi connectivity index (χ0v) is 8.67. The lowest BCUT2D eigenvalue weighted by atomic mass is 10.0. The molecule has 3 unspecified atom stereocenters. The number of nitrogens with one attached hydrogen (secondary N) is 1. The first-order chi connectivity index (χ1) is 6.15. The van der Waals surface area contributed by atoms with E-state index in [1.54, 1.807) is 0 Å². The molecule has 0 radical (unpaired) electrons. The number of ether oxygens (including phenoxy) is 1. The molecular formula is C10H19NO2. The number of hydrogen-bond donors (Lipinski definition) is 1. The topological polar surface area (TPSA) is 38.3 Å². The molecule has 1 aliphatic heterocycles. The van der Waals surface area contributed by atoms with Crippen molar-refractivity contribution in [1.82, 2.24) is 5.32 Å². The molecule has 1 saturated heterocycles. The van der Waals surface area contributed by atoms with Crippen LogP contribution in [0.25, 0.3) is 0 Å². The third kappa shape index (κ3) is 2.69. The number of rotatable bonds is 3. The predicted octanol–water partition coefficient (Wildman–Crippen LogP) is 1.33. The van der Waals surface area contributed by atoms with E-state index in [1.165, 1.54) is 0 Å². The van der Waals surface area contributed by atoms with Crippen molar-refractivity contribution in [2.75, 3.05) is 6.61 Å². The van der Waals surface area contributed by atoms with Crippen LogP contribution in [0.1, 0.15) is 33.6 Å². The summed E-state index contributed by atoms with van der Waals surface area (Å²) in [6.45, 7) is 6.78. The first-order valence-electron chi connectivity index (χ1n) is 5.07. The molecule has 0 aromatic carbocycles. The van der Waals surface area contributed by atoms with Crippen LogP contribution in [0.2, 0.25) is 0 Å². The predicted molar refractivity (Wildman–Crippen MR) is 51.4 cm³/mol. The smallest absolute Gasteiger partial charge is 0.226 e. The van der Waals surface area contributed by atoms with Gasteiger partial charge in [-0.25, -0.2) is 0 Å². The van der Waals surface area contributed by atoms with Gasteiger partial charge in [-0.15, -0.1) is 0 Å². The van der Waals surface area contributed by atoms with Crippen LogP contribution in [-0.4, -0.2) is 24.7 Å². The van der Waals surface area contributed by atoms with Gasteiger partial charge in [-0.2, -0.15) is 0 Å². The van der Waals surface area contributed by atoms with Gasteiger partial charge in [0.15, 0.2) is 0 Å². The summed E-state index contributed by atoms with van der Waals surface area (Å²) in [7, 11) is 0. The standard InChI is InChI=1S/C10H19NO2/c1-4-7(2)11-10(12)9-5-6-13-8(9)3/h7-9H,4-6H2,1-3H3,(H,11,12). The summed E-state index contributed by atoms with van der Waals surface area (Å²) in [6.07, 6.45) is 1.93. The summed E-state index contributed by atoms with van der Waals surface area (Å²) in [5, 5.41) is 2.98. The van der Waals surface area contributed by atoms with E-state index in [4.69, 9.17) is 4.74 Å². The Morgan fingerprint density at radius 3 is 2.85 bits per heavy atom. The van der Waals surface area contributed by atoms with Gasteiger partial charge in [-0.3, -0.25) is 4.79 Å². The molecule has 76 valence electrons. The minimum absolute atomic E-state index is 0.0639. The first kappa shape index (κ1) is 10.5. The lowest BCUT2D eigenvalue weighted by Crippen LogP contribution is -2.39. The van der Waals surface area contributed by atoms with Crippen LogP contribution in [-0.2, 0) is 9.53 Å². The summed E-state index contributed by atoms with van der Waals surface area (Å²) < 4.78 is 5.34. The average Bonchev–Trinajstić information content (AvgIpc) is 2.51. The Labute approximate surface area is 79.8 Å². The van der Waals surface area contributed by atoms with Crippen LogP contribution in [0.5, 0.6) is 0 Å². The second-order valence-electron chi connectivity index (χ2n) is 3.79. The van der Waals surface area contributed by atoms with Crippen molar-refractivity contribution in [3.8, 4) is 0 Å². The maximum absolute atomic E-state index is 11.6. The van der Waals surface area contributed by atoms with E-state index in [0.717, 1.165) is 19.4 Å². The van der Waals surface area contributed by atoms with Crippen molar-refractivity contribution in [3.63, 3.8) is 0 Å². The lowest BCUT2D eigenvalue weighted by Gasteiger charge is -2.17. The molecule has 0 aromatic heterocycles. The largest absolute Gasteiger partial charge is 0.378 e. The van der Waals surface area contributed by atoms with E-state index in [0.29, 0.717) is 0 Å². The van der Waals surface area contributed by atoms with E-state index in [-0.39, 0.29) is 24.0 Å². The Balaban J connectivity index is 2.38. The van der Waals surface area contributed by atoms with E-state index in [1.807, 2.05) is 13.8 Å². The molecule has 0 saturated carbocycles. The molecule has 0 spiro atoms. The molecular weight excluding hydrogens is 166 g/mol. The van der Waals surface area contributed by atoms with Crippen molar-refractivity contribution >= 4 is 5.91 Å². The zero-order chi connectivity index (χ0) is 9.84. The average molecular weight is 185 g/mol. The fourth-order valence-electron chi connectivity index (χ4n) is 1.53. The maximum Gasteiger partial charge on any atom is 0.226 e. The Morgan fingerprint density at radius 2 is 2.38 bits per heavy atom. The first-order valence-corrected chi connectivity index (χ1v) is 5.07. The van der Waals surface area contributed by atoms with E-state index >= 15 is 0 Å². The van der Waals surface area contributed by atoms with Crippen molar-refractivity contribution in [2.45, 2.75) is 45.8 Å². The molecule has 0 bridgehead atoms. The number of hydrogen-bond acceptors (Lipinski definition) is 2. The quantitative estimate of drug-likeness (QED) is 0.720. The minimum Gasteiger partial charge on any atom is -0.378 e. The van der Waals surface area contributed by atoms with Crippen molar-refractivity contribution < 1.29 is 9.53 Å². The van der Waals surface area contributed by atoms with Crippen LogP contribution in [0.3, 0.4) is 0 Å². The molecule has 1 rings (SSSR count). The summed E-state index contributed by atoms with van der Waals surface area (Å²) in [6, 6.07) is 0.278. The highest BCUT2D eigenvalue weighted by molar-refractivity contribution is 5.79. The number of amides is 1. The minimum atomic E-state index is 0.0639. The third-order valence-electron chi connectivity index (χ3n) is 2.71. The van der Waals surface area contributed by atoms with Gasteiger partial charge in [0.2, 0.25) is 5.91 Å². The third-order valence-corrected chi connectivity index (χ3v) is 2.71. The van der Waals surface area contributed by atoms with Gasteiger partial charge in [0.05, 0.1) is 12.0 Å². The zero-order valence-electron chi connectivity index (χ0n) is 8.67. The molecule has 1 fully saturated rings. The van der Waals surface area contributed by atoms with Crippen LogP contribution in [0, 0.1) is 5.92 Å². The molecule has 1 heterocycles. The van der Waals surface area contributed by atoms with Crippen molar-refractivity contribution in [1.29, 1.82) is 0 Å². The number of carbonyl (C=O) groups is 1. The molecule has 3 atom stereocenters. The molecule has 0 aromatic rings.